The molecular weight excluding hydrogens is 649 g/mol. The summed E-state index contributed by atoms with van der Waals surface area (Å²) in [5, 5.41) is 11.1. The molecule has 1 aliphatic rings. The van der Waals surface area contributed by atoms with Gasteiger partial charge >= 0.3 is 0 Å². The van der Waals surface area contributed by atoms with Gasteiger partial charge in [-0.3, -0.25) is 5.41 Å². The van der Waals surface area contributed by atoms with Gasteiger partial charge in [0.25, 0.3) is 0 Å². The molecule has 0 amide bonds. The van der Waals surface area contributed by atoms with Crippen molar-refractivity contribution in [3.63, 3.8) is 0 Å². The van der Waals surface area contributed by atoms with E-state index < -0.39 is 0 Å². The van der Waals surface area contributed by atoms with E-state index in [-0.39, 0.29) is 5.84 Å². The van der Waals surface area contributed by atoms with Gasteiger partial charge in [0, 0.05) is 30.6 Å². The van der Waals surface area contributed by atoms with Crippen molar-refractivity contribution < 1.29 is 0 Å². The molecule has 4 N–H and O–H groups in total. The third-order valence-electron chi connectivity index (χ3n) is 8.48. The fourth-order valence-electron chi connectivity index (χ4n) is 5.72. The van der Waals surface area contributed by atoms with Crippen LogP contribution in [-0.4, -0.2) is 20.8 Å². The fraction of sp³-hybridized carbons (Fsp3) is 0.149. The fourth-order valence-corrected chi connectivity index (χ4v) is 5.72. The smallest absolute Gasteiger partial charge is 0.163 e. The summed E-state index contributed by atoms with van der Waals surface area (Å²) in [5.74, 6) is 2.26. The first-order valence-electron chi connectivity index (χ1n) is 18.3. The van der Waals surface area contributed by atoms with E-state index in [0.717, 1.165) is 64.3 Å². The van der Waals surface area contributed by atoms with E-state index in [9.17, 15) is 0 Å². The lowest BCUT2D eigenvalue weighted by Gasteiger charge is -2.10. The largest absolute Gasteiger partial charge is 0.384 e. The zero-order chi connectivity index (χ0) is 37.3. The summed E-state index contributed by atoms with van der Waals surface area (Å²) >= 11 is 0. The zero-order valence-corrected chi connectivity index (χ0v) is 30.8. The quantitative estimate of drug-likeness (QED) is 0.0978. The first-order chi connectivity index (χ1) is 26.1. The van der Waals surface area contributed by atoms with Crippen LogP contribution in [0, 0.1) is 5.41 Å². The van der Waals surface area contributed by atoms with Gasteiger partial charge in [0.05, 0.1) is 0 Å². The molecule has 0 fully saturated rings. The number of hydrogen-bond donors (Lipinski definition) is 3. The minimum absolute atomic E-state index is 0.114. The van der Waals surface area contributed by atoms with E-state index in [1.807, 2.05) is 80.6 Å². The molecule has 0 unspecified atom stereocenters. The van der Waals surface area contributed by atoms with E-state index >= 15 is 0 Å². The Kier molecular flexibility index (Phi) is 14.3. The summed E-state index contributed by atoms with van der Waals surface area (Å²) in [6.07, 6.45) is 9.42. The standard InChI is InChI=1S/C31H27N5.C14H15N.C2H6/c1-2-28-34-30(23-9-4-3-5-10-23)36-31(35-28)27-16-8-15-26(20-27)25-14-7-13-24(19-25)21-11-6-12-22(18-17-21)29(32)33;1-3-7-13(8-4-1)11-15-12-14-9-5-2-6-10-14;1-2/h3-17,19-20H,2,18H2,1H3,(H3,32,33);1-10,15H,11-12H2;1-2H3. The van der Waals surface area contributed by atoms with Crippen molar-refractivity contribution in [2.24, 2.45) is 5.73 Å². The van der Waals surface area contributed by atoms with Gasteiger partial charge in [0.15, 0.2) is 11.6 Å². The normalized spacial score (nSPS) is 11.8. The molecular formula is C47H48N6. The number of allylic oxidation sites excluding steroid dienone is 5. The molecule has 1 aromatic heterocycles. The van der Waals surface area contributed by atoms with Crippen LogP contribution in [0.25, 0.3) is 39.5 Å². The van der Waals surface area contributed by atoms with E-state index in [1.54, 1.807) is 0 Å². The molecule has 0 bridgehead atoms. The Labute approximate surface area is 314 Å². The average molecular weight is 697 g/mol. The van der Waals surface area contributed by atoms with Crippen molar-refractivity contribution >= 4 is 11.4 Å². The van der Waals surface area contributed by atoms with Gasteiger partial charge in [0.2, 0.25) is 0 Å². The van der Waals surface area contributed by atoms with Gasteiger partial charge in [0.1, 0.15) is 11.7 Å². The second-order valence-electron chi connectivity index (χ2n) is 12.2. The Morgan fingerprint density at radius 1 is 0.623 bits per heavy atom. The lowest BCUT2D eigenvalue weighted by atomic mass is 9.97. The molecule has 6 nitrogen and oxygen atoms in total. The predicted molar refractivity (Wildman–Crippen MR) is 222 cm³/mol. The molecule has 7 rings (SSSR count). The molecule has 0 saturated carbocycles. The topological polar surface area (TPSA) is 101 Å². The van der Waals surface area contributed by atoms with Gasteiger partial charge < -0.3 is 11.1 Å². The number of nitrogens with one attached hydrogen (secondary N) is 2. The molecule has 0 spiro atoms. The van der Waals surface area contributed by atoms with Crippen LogP contribution in [0.5, 0.6) is 0 Å². The van der Waals surface area contributed by atoms with Gasteiger partial charge in [-0.05, 0) is 57.5 Å². The Hall–Kier alpha value is -6.24. The summed E-state index contributed by atoms with van der Waals surface area (Å²) in [6.45, 7) is 7.91. The maximum absolute atomic E-state index is 7.71. The average Bonchev–Trinajstić information content (AvgIpc) is 3.50. The first-order valence-corrected chi connectivity index (χ1v) is 18.3. The Balaban J connectivity index is 0.000000265. The highest BCUT2D eigenvalue weighted by atomic mass is 15.0. The van der Waals surface area contributed by atoms with Crippen LogP contribution in [0.2, 0.25) is 0 Å². The van der Waals surface area contributed by atoms with Crippen molar-refractivity contribution in [2.75, 3.05) is 0 Å². The maximum Gasteiger partial charge on any atom is 0.163 e. The number of hydrogen-bond acceptors (Lipinski definition) is 5. The van der Waals surface area contributed by atoms with Crippen molar-refractivity contribution in [3.05, 3.63) is 192 Å². The molecule has 266 valence electrons. The van der Waals surface area contributed by atoms with E-state index in [4.69, 9.17) is 21.1 Å². The van der Waals surface area contributed by atoms with Crippen LogP contribution in [0.1, 0.15) is 49.7 Å². The van der Waals surface area contributed by atoms with E-state index in [0.29, 0.717) is 18.1 Å². The van der Waals surface area contributed by atoms with Crippen LogP contribution in [0.15, 0.2) is 169 Å². The highest BCUT2D eigenvalue weighted by Crippen LogP contribution is 2.29. The number of aromatic nitrogens is 3. The Morgan fingerprint density at radius 3 is 1.68 bits per heavy atom. The SMILES string of the molecule is CC.CCc1nc(-c2ccccc2)nc(-c2cccc(-c3cccc(C4=CCC(C(=N)N)=CC=C4)c3)c2)n1.c1ccc(CNCc2ccccc2)cc1. The summed E-state index contributed by atoms with van der Waals surface area (Å²) < 4.78 is 0. The van der Waals surface area contributed by atoms with Crippen LogP contribution >= 0.6 is 0 Å². The monoisotopic (exact) mass is 696 g/mol. The van der Waals surface area contributed by atoms with Crippen molar-refractivity contribution in [2.45, 2.75) is 46.7 Å². The second-order valence-corrected chi connectivity index (χ2v) is 12.2. The van der Waals surface area contributed by atoms with Crippen LogP contribution < -0.4 is 11.1 Å². The highest BCUT2D eigenvalue weighted by Gasteiger charge is 2.12. The zero-order valence-electron chi connectivity index (χ0n) is 30.8. The van der Waals surface area contributed by atoms with Gasteiger partial charge in [-0.1, -0.05) is 172 Å². The lowest BCUT2D eigenvalue weighted by Crippen LogP contribution is -2.12. The van der Waals surface area contributed by atoms with Crippen molar-refractivity contribution in [3.8, 4) is 33.9 Å². The van der Waals surface area contributed by atoms with Crippen LogP contribution in [-0.2, 0) is 19.5 Å². The Bertz CT molecular complexity index is 2110. The summed E-state index contributed by atoms with van der Waals surface area (Å²) in [7, 11) is 0. The number of nitrogens with zero attached hydrogens (tertiary/aromatic N) is 3. The molecule has 1 aliphatic carbocycles. The molecule has 0 aliphatic heterocycles. The minimum Gasteiger partial charge on any atom is -0.384 e. The number of benzene rings is 5. The van der Waals surface area contributed by atoms with Gasteiger partial charge in [-0.2, -0.15) is 0 Å². The summed E-state index contributed by atoms with van der Waals surface area (Å²) in [4.78, 5) is 14.2. The van der Waals surface area contributed by atoms with E-state index in [2.05, 4.69) is 114 Å². The van der Waals surface area contributed by atoms with Crippen LogP contribution in [0.3, 0.4) is 0 Å². The Morgan fingerprint density at radius 2 is 1.11 bits per heavy atom. The van der Waals surface area contributed by atoms with Crippen LogP contribution in [0.4, 0.5) is 0 Å². The van der Waals surface area contributed by atoms with Crippen molar-refractivity contribution in [1.29, 1.82) is 5.41 Å². The summed E-state index contributed by atoms with van der Waals surface area (Å²) in [6, 6.07) is 47.7. The number of rotatable bonds is 10. The van der Waals surface area contributed by atoms with E-state index in [1.165, 1.54) is 11.1 Å². The summed E-state index contributed by atoms with van der Waals surface area (Å²) in [5.41, 5.74) is 15.5. The van der Waals surface area contributed by atoms with Crippen molar-refractivity contribution in [1.82, 2.24) is 20.3 Å². The second kappa shape index (κ2) is 20.0. The number of nitrogens with two attached hydrogens (primary N) is 1. The van der Waals surface area contributed by atoms with Gasteiger partial charge in [-0.15, -0.1) is 0 Å². The molecule has 0 saturated heterocycles. The third kappa shape index (κ3) is 11.1. The predicted octanol–water partition coefficient (Wildman–Crippen LogP) is 10.6. The van der Waals surface area contributed by atoms with Gasteiger partial charge in [-0.25, -0.2) is 15.0 Å². The number of amidine groups is 1. The maximum atomic E-state index is 7.71. The number of aryl methyl sites for hydroxylation is 1. The lowest BCUT2D eigenvalue weighted by molar-refractivity contribution is 0.693. The molecule has 0 atom stereocenters. The minimum atomic E-state index is 0.114. The highest BCUT2D eigenvalue weighted by molar-refractivity contribution is 5.96. The third-order valence-corrected chi connectivity index (χ3v) is 8.48. The molecule has 0 radical (unpaired) electrons. The first kappa shape index (κ1) is 38.0. The molecule has 6 heteroatoms. The molecule has 5 aromatic carbocycles. The molecule has 1 heterocycles. The molecule has 6 aromatic rings. The molecule has 53 heavy (non-hydrogen) atoms.